The highest BCUT2D eigenvalue weighted by Gasteiger charge is 2.28. The third kappa shape index (κ3) is 4.04. The molecule has 2 aromatic carbocycles. The van der Waals surface area contributed by atoms with Crippen molar-refractivity contribution in [3.05, 3.63) is 60.2 Å². The summed E-state index contributed by atoms with van der Waals surface area (Å²) in [6, 6.07) is 18.7. The number of nitrogens with zero attached hydrogens (tertiary/aromatic N) is 1. The Morgan fingerprint density at radius 3 is 2.22 bits per heavy atom. The molecule has 116 valence electrons. The molecule has 23 heavy (non-hydrogen) atoms. The van der Waals surface area contributed by atoms with Gasteiger partial charge in [-0.25, -0.2) is 0 Å². The molecule has 0 saturated carbocycles. The second kappa shape index (κ2) is 7.90. The van der Waals surface area contributed by atoms with Gasteiger partial charge in [-0.3, -0.25) is 9.59 Å². The van der Waals surface area contributed by atoms with E-state index in [1.807, 2.05) is 48.5 Å². The molecule has 0 saturated heterocycles. The molecule has 0 fully saturated rings. The second-order valence-corrected chi connectivity index (χ2v) is 4.97. The molecule has 0 aliphatic carbocycles. The van der Waals surface area contributed by atoms with Crippen LogP contribution in [0, 0.1) is 17.2 Å². The van der Waals surface area contributed by atoms with E-state index in [1.54, 1.807) is 19.1 Å². The van der Waals surface area contributed by atoms with Crippen molar-refractivity contribution in [3.8, 4) is 17.2 Å². The molecule has 2 aromatic rings. The monoisotopic (exact) mass is 307 g/mol. The molecule has 0 aliphatic heterocycles. The minimum Gasteiger partial charge on any atom is -0.465 e. The summed E-state index contributed by atoms with van der Waals surface area (Å²) in [7, 11) is 0. The van der Waals surface area contributed by atoms with E-state index in [0.29, 0.717) is 5.56 Å². The smallest absolute Gasteiger partial charge is 0.317 e. The molecule has 1 unspecified atom stereocenters. The van der Waals surface area contributed by atoms with E-state index in [9.17, 15) is 9.59 Å². The summed E-state index contributed by atoms with van der Waals surface area (Å²) in [5.74, 6) is -2.10. The Kier molecular flexibility index (Phi) is 5.65. The lowest BCUT2D eigenvalue weighted by Crippen LogP contribution is -2.26. The van der Waals surface area contributed by atoms with Crippen molar-refractivity contribution in [1.82, 2.24) is 0 Å². The van der Waals surface area contributed by atoms with Crippen molar-refractivity contribution in [2.45, 2.75) is 13.3 Å². The minimum absolute atomic E-state index is 0.182. The summed E-state index contributed by atoms with van der Waals surface area (Å²) >= 11 is 0. The largest absolute Gasteiger partial charge is 0.465 e. The first-order chi connectivity index (χ1) is 11.2. The molecule has 0 heterocycles. The predicted molar refractivity (Wildman–Crippen MR) is 86.6 cm³/mol. The fraction of sp³-hybridized carbons (Fsp3) is 0.211. The Hall–Kier alpha value is -2.93. The molecular formula is C19H17NO3. The zero-order valence-electron chi connectivity index (χ0n) is 12.9. The van der Waals surface area contributed by atoms with Crippen molar-refractivity contribution < 1.29 is 14.3 Å². The van der Waals surface area contributed by atoms with Gasteiger partial charge in [-0.15, -0.1) is 0 Å². The van der Waals surface area contributed by atoms with Gasteiger partial charge in [0.05, 0.1) is 19.1 Å². The number of hydrogen-bond acceptors (Lipinski definition) is 4. The third-order valence-corrected chi connectivity index (χ3v) is 3.46. The average Bonchev–Trinajstić information content (AvgIpc) is 2.60. The fourth-order valence-electron chi connectivity index (χ4n) is 2.28. The van der Waals surface area contributed by atoms with E-state index in [4.69, 9.17) is 10.00 Å². The normalized spacial score (nSPS) is 11.3. The van der Waals surface area contributed by atoms with Gasteiger partial charge in [-0.05, 0) is 18.1 Å². The Balaban J connectivity index is 2.22. The lowest BCUT2D eigenvalue weighted by Gasteiger charge is -2.12. The molecule has 0 radical (unpaired) electrons. The maximum absolute atomic E-state index is 12.4. The van der Waals surface area contributed by atoms with Crippen molar-refractivity contribution >= 4 is 11.8 Å². The Labute approximate surface area is 135 Å². The highest BCUT2D eigenvalue weighted by Crippen LogP contribution is 2.21. The maximum Gasteiger partial charge on any atom is 0.317 e. The first kappa shape index (κ1) is 16.4. The molecule has 4 heteroatoms. The average molecular weight is 307 g/mol. The van der Waals surface area contributed by atoms with E-state index < -0.39 is 11.9 Å². The lowest BCUT2D eigenvalue weighted by molar-refractivity contribution is -0.146. The molecule has 0 aromatic heterocycles. The number of benzene rings is 2. The van der Waals surface area contributed by atoms with Crippen LogP contribution < -0.4 is 0 Å². The Morgan fingerprint density at radius 1 is 1.04 bits per heavy atom. The first-order valence-electron chi connectivity index (χ1n) is 7.40. The molecule has 2 rings (SSSR count). The number of carbonyl (C=O) groups is 2. The van der Waals surface area contributed by atoms with Crippen molar-refractivity contribution in [3.63, 3.8) is 0 Å². The molecular weight excluding hydrogens is 290 g/mol. The predicted octanol–water partition coefficient (Wildman–Crippen LogP) is 3.63. The van der Waals surface area contributed by atoms with Crippen LogP contribution in [0.2, 0.25) is 0 Å². The summed E-state index contributed by atoms with van der Waals surface area (Å²) in [5, 5.41) is 8.83. The number of esters is 1. The molecule has 4 nitrogen and oxygen atoms in total. The maximum atomic E-state index is 12.4. The molecule has 0 amide bonds. The van der Waals surface area contributed by atoms with Gasteiger partial charge in [-0.1, -0.05) is 54.6 Å². The van der Waals surface area contributed by atoms with E-state index in [0.717, 1.165) is 11.1 Å². The summed E-state index contributed by atoms with van der Waals surface area (Å²) in [5.41, 5.74) is 2.43. The zero-order chi connectivity index (χ0) is 16.7. The summed E-state index contributed by atoms with van der Waals surface area (Å²) in [4.78, 5) is 24.3. The topological polar surface area (TPSA) is 67.2 Å². The van der Waals surface area contributed by atoms with Gasteiger partial charge in [-0.2, -0.15) is 5.26 Å². The molecule has 0 spiro atoms. The van der Waals surface area contributed by atoms with Gasteiger partial charge < -0.3 is 4.74 Å². The van der Waals surface area contributed by atoms with Gasteiger partial charge in [0.15, 0.2) is 5.78 Å². The van der Waals surface area contributed by atoms with Crippen LogP contribution in [0.5, 0.6) is 0 Å². The number of ketones is 1. The quantitative estimate of drug-likeness (QED) is 0.464. The van der Waals surface area contributed by atoms with E-state index in [-0.39, 0.29) is 18.8 Å². The number of Topliss-reactive ketones (excluding diaryl/α,β-unsaturated/α-hetero) is 1. The highest BCUT2D eigenvalue weighted by molar-refractivity contribution is 6.09. The van der Waals surface area contributed by atoms with Crippen LogP contribution in [-0.2, 0) is 9.53 Å². The second-order valence-electron chi connectivity index (χ2n) is 4.97. The van der Waals surface area contributed by atoms with Gasteiger partial charge in [0.1, 0.15) is 5.92 Å². The number of ether oxygens (including phenoxy) is 1. The van der Waals surface area contributed by atoms with Gasteiger partial charge in [0.2, 0.25) is 0 Å². The van der Waals surface area contributed by atoms with E-state index >= 15 is 0 Å². The highest BCUT2D eigenvalue weighted by atomic mass is 16.5. The minimum atomic E-state index is -1.07. The number of carbonyl (C=O) groups excluding carboxylic acids is 2. The van der Waals surface area contributed by atoms with Crippen LogP contribution >= 0.6 is 0 Å². The number of hydrogen-bond donors (Lipinski definition) is 0. The molecule has 0 N–H and O–H groups in total. The van der Waals surface area contributed by atoms with Crippen molar-refractivity contribution in [2.24, 2.45) is 5.92 Å². The van der Waals surface area contributed by atoms with Crippen molar-refractivity contribution in [1.29, 1.82) is 5.26 Å². The van der Waals surface area contributed by atoms with Crippen molar-refractivity contribution in [2.75, 3.05) is 6.61 Å². The Morgan fingerprint density at radius 2 is 1.65 bits per heavy atom. The zero-order valence-corrected chi connectivity index (χ0v) is 12.9. The van der Waals surface area contributed by atoms with Crippen LogP contribution in [-0.4, -0.2) is 18.4 Å². The lowest BCUT2D eigenvalue weighted by atomic mass is 9.93. The SMILES string of the molecule is CCOC(=O)C(CC#N)C(=O)c1ccc(-c2ccccc2)cc1. The number of rotatable bonds is 6. The molecule has 0 bridgehead atoms. The Bertz CT molecular complexity index is 715. The van der Waals surface area contributed by atoms with Crippen LogP contribution in [0.15, 0.2) is 54.6 Å². The van der Waals surface area contributed by atoms with Crippen LogP contribution in [0.1, 0.15) is 23.7 Å². The van der Waals surface area contributed by atoms with Crippen LogP contribution in [0.25, 0.3) is 11.1 Å². The van der Waals surface area contributed by atoms with Gasteiger partial charge in [0.25, 0.3) is 0 Å². The molecule has 1 atom stereocenters. The molecule has 0 aliphatic rings. The van der Waals surface area contributed by atoms with E-state index in [1.165, 1.54) is 0 Å². The van der Waals surface area contributed by atoms with Crippen LogP contribution in [0.3, 0.4) is 0 Å². The third-order valence-electron chi connectivity index (χ3n) is 3.46. The van der Waals surface area contributed by atoms with Gasteiger partial charge in [0, 0.05) is 5.56 Å². The van der Waals surface area contributed by atoms with E-state index in [2.05, 4.69) is 0 Å². The van der Waals surface area contributed by atoms with Gasteiger partial charge >= 0.3 is 5.97 Å². The summed E-state index contributed by atoms with van der Waals surface area (Å²) in [6.45, 7) is 1.85. The van der Waals surface area contributed by atoms with Crippen LogP contribution in [0.4, 0.5) is 0 Å². The summed E-state index contributed by atoms with van der Waals surface area (Å²) < 4.78 is 4.88. The number of nitriles is 1. The fourth-order valence-corrected chi connectivity index (χ4v) is 2.28. The summed E-state index contributed by atoms with van der Waals surface area (Å²) in [6.07, 6.45) is -0.182. The standard InChI is InChI=1S/C19H17NO3/c1-2-23-19(22)17(12-13-20)18(21)16-10-8-15(9-11-16)14-6-4-3-5-7-14/h3-11,17H,2,12H2,1H3. The first-order valence-corrected chi connectivity index (χ1v) is 7.40.